The Morgan fingerprint density at radius 3 is 2.12 bits per heavy atom. The van der Waals surface area contributed by atoms with Gasteiger partial charge in [0.1, 0.15) is 0 Å². The minimum absolute atomic E-state index is 0.324. The average molecular weight is 228 g/mol. The van der Waals surface area contributed by atoms with E-state index in [9.17, 15) is 9.59 Å². The molecule has 90 valence electrons. The molecule has 0 saturated heterocycles. The fraction of sp³-hybridized carbons (Fsp3) is 0.455. The molecule has 0 heterocycles. The molecular weight excluding hydrogens is 212 g/mol. The predicted octanol–water partition coefficient (Wildman–Crippen LogP) is 1.20. The van der Waals surface area contributed by atoms with Crippen LogP contribution < -0.4 is 0 Å². The van der Waals surface area contributed by atoms with Crippen LogP contribution in [0.3, 0.4) is 0 Å². The molecule has 0 aliphatic rings. The van der Waals surface area contributed by atoms with Crippen LogP contribution in [0.15, 0.2) is 25.3 Å². The van der Waals surface area contributed by atoms with Gasteiger partial charge in [-0.15, -0.1) is 0 Å². The summed E-state index contributed by atoms with van der Waals surface area (Å²) in [5.74, 6) is -1.24. The molecule has 5 nitrogen and oxygen atoms in total. The van der Waals surface area contributed by atoms with Crippen LogP contribution in [0.4, 0.5) is 0 Å². The lowest BCUT2D eigenvalue weighted by Crippen LogP contribution is -2.34. The first-order valence-corrected chi connectivity index (χ1v) is 4.82. The molecular formula is C11H16O5. The van der Waals surface area contributed by atoms with Crippen molar-refractivity contribution in [1.82, 2.24) is 0 Å². The number of hydrogen-bond donors (Lipinski definition) is 0. The third-order valence-corrected chi connectivity index (χ3v) is 1.58. The van der Waals surface area contributed by atoms with E-state index in [1.54, 1.807) is 13.8 Å². The summed E-state index contributed by atoms with van der Waals surface area (Å²) in [6.45, 7) is 10.1. The van der Waals surface area contributed by atoms with Crippen LogP contribution in [-0.2, 0) is 23.8 Å². The molecule has 0 aliphatic heterocycles. The second-order valence-electron chi connectivity index (χ2n) is 2.81. The van der Waals surface area contributed by atoms with Gasteiger partial charge in [-0.3, -0.25) is 0 Å². The van der Waals surface area contributed by atoms with Crippen molar-refractivity contribution in [2.24, 2.45) is 0 Å². The fourth-order valence-corrected chi connectivity index (χ4v) is 0.879. The molecule has 0 rings (SSSR count). The van der Waals surface area contributed by atoms with Gasteiger partial charge < -0.3 is 14.2 Å². The summed E-state index contributed by atoms with van der Waals surface area (Å²) in [6, 6.07) is 0. The van der Waals surface area contributed by atoms with Crippen molar-refractivity contribution in [3.8, 4) is 0 Å². The molecule has 2 atom stereocenters. The van der Waals surface area contributed by atoms with Crippen molar-refractivity contribution in [2.45, 2.75) is 26.2 Å². The second kappa shape index (κ2) is 7.64. The Balaban J connectivity index is 4.38. The normalized spacial score (nSPS) is 13.4. The minimum atomic E-state index is -0.945. The first-order valence-electron chi connectivity index (χ1n) is 4.82. The molecule has 0 N–H and O–H groups in total. The van der Waals surface area contributed by atoms with E-state index in [0.29, 0.717) is 6.61 Å². The Bertz CT molecular complexity index is 272. The van der Waals surface area contributed by atoms with E-state index in [1.807, 2.05) is 0 Å². The smallest absolute Gasteiger partial charge is 0.332 e. The van der Waals surface area contributed by atoms with Gasteiger partial charge in [-0.2, -0.15) is 0 Å². The Labute approximate surface area is 94.7 Å². The zero-order valence-electron chi connectivity index (χ0n) is 9.47. The summed E-state index contributed by atoms with van der Waals surface area (Å²) in [5.41, 5.74) is 0. The van der Waals surface area contributed by atoms with Gasteiger partial charge >= 0.3 is 11.9 Å². The maximum Gasteiger partial charge on any atom is 0.332 e. The zero-order chi connectivity index (χ0) is 12.6. The molecule has 16 heavy (non-hydrogen) atoms. The molecule has 0 aromatic heterocycles. The highest BCUT2D eigenvalue weighted by Crippen LogP contribution is 2.07. The van der Waals surface area contributed by atoms with Crippen LogP contribution in [0, 0.1) is 0 Å². The molecule has 0 fully saturated rings. The molecule has 0 aromatic rings. The maximum atomic E-state index is 11.0. The minimum Gasteiger partial charge on any atom is -0.453 e. The number of esters is 2. The first-order chi connectivity index (χ1) is 7.54. The van der Waals surface area contributed by atoms with Gasteiger partial charge in [-0.05, 0) is 13.8 Å². The van der Waals surface area contributed by atoms with Crippen molar-refractivity contribution in [3.05, 3.63) is 25.3 Å². The number of carbonyl (C=O) groups is 2. The van der Waals surface area contributed by atoms with Crippen LogP contribution in [0.5, 0.6) is 0 Å². The van der Waals surface area contributed by atoms with E-state index < -0.39 is 24.3 Å². The SMILES string of the molecule is C=CC(=O)OC(C)C(OCC)OC(=O)C=C. The van der Waals surface area contributed by atoms with Gasteiger partial charge in [0.05, 0.1) is 0 Å². The highest BCUT2D eigenvalue weighted by atomic mass is 16.7. The third kappa shape index (κ3) is 5.31. The van der Waals surface area contributed by atoms with Gasteiger partial charge in [0.25, 0.3) is 0 Å². The summed E-state index contributed by atoms with van der Waals surface area (Å²) >= 11 is 0. The van der Waals surface area contributed by atoms with Crippen LogP contribution >= 0.6 is 0 Å². The van der Waals surface area contributed by atoms with Crippen molar-refractivity contribution in [2.75, 3.05) is 6.61 Å². The van der Waals surface area contributed by atoms with Crippen molar-refractivity contribution >= 4 is 11.9 Å². The Kier molecular flexibility index (Phi) is 6.87. The molecule has 0 bridgehead atoms. The monoisotopic (exact) mass is 228 g/mol. The molecule has 0 amide bonds. The van der Waals surface area contributed by atoms with E-state index in [4.69, 9.17) is 14.2 Å². The number of rotatable bonds is 7. The number of carbonyl (C=O) groups excluding carboxylic acids is 2. The van der Waals surface area contributed by atoms with E-state index >= 15 is 0 Å². The maximum absolute atomic E-state index is 11.0. The quantitative estimate of drug-likeness (QED) is 0.372. The third-order valence-electron chi connectivity index (χ3n) is 1.58. The van der Waals surface area contributed by atoms with E-state index in [1.165, 1.54) is 0 Å². The molecule has 0 aliphatic carbocycles. The molecule has 5 heteroatoms. The summed E-state index contributed by atoms with van der Waals surface area (Å²) in [6.07, 6.45) is 0.372. The fourth-order valence-electron chi connectivity index (χ4n) is 0.879. The highest BCUT2D eigenvalue weighted by molar-refractivity contribution is 5.82. The van der Waals surface area contributed by atoms with Crippen molar-refractivity contribution < 1.29 is 23.8 Å². The lowest BCUT2D eigenvalue weighted by atomic mass is 10.4. The van der Waals surface area contributed by atoms with Crippen LogP contribution in [-0.4, -0.2) is 30.9 Å². The molecule has 0 saturated carbocycles. The van der Waals surface area contributed by atoms with Gasteiger partial charge in [0.2, 0.25) is 6.29 Å². The number of ether oxygens (including phenoxy) is 3. The van der Waals surface area contributed by atoms with Gasteiger partial charge in [0, 0.05) is 18.8 Å². The Hall–Kier alpha value is -1.62. The molecule has 0 radical (unpaired) electrons. The van der Waals surface area contributed by atoms with Crippen molar-refractivity contribution in [1.29, 1.82) is 0 Å². The van der Waals surface area contributed by atoms with E-state index in [2.05, 4.69) is 13.2 Å². The lowest BCUT2D eigenvalue weighted by Gasteiger charge is -2.22. The summed E-state index contributed by atoms with van der Waals surface area (Å²) in [5, 5.41) is 0. The van der Waals surface area contributed by atoms with E-state index in [-0.39, 0.29) is 0 Å². The Morgan fingerprint density at radius 1 is 1.19 bits per heavy atom. The van der Waals surface area contributed by atoms with Crippen LogP contribution in [0.2, 0.25) is 0 Å². The lowest BCUT2D eigenvalue weighted by molar-refractivity contribution is -0.203. The summed E-state index contributed by atoms with van der Waals surface area (Å²) < 4.78 is 14.8. The van der Waals surface area contributed by atoms with E-state index in [0.717, 1.165) is 12.2 Å². The van der Waals surface area contributed by atoms with Gasteiger partial charge in [-0.1, -0.05) is 13.2 Å². The van der Waals surface area contributed by atoms with Crippen LogP contribution in [0.1, 0.15) is 13.8 Å². The summed E-state index contributed by atoms with van der Waals surface area (Å²) in [4.78, 5) is 21.9. The summed E-state index contributed by atoms with van der Waals surface area (Å²) in [7, 11) is 0. The Morgan fingerprint density at radius 2 is 1.69 bits per heavy atom. The van der Waals surface area contributed by atoms with Gasteiger partial charge in [-0.25, -0.2) is 9.59 Å². The average Bonchev–Trinajstić information content (AvgIpc) is 2.27. The number of hydrogen-bond acceptors (Lipinski definition) is 5. The topological polar surface area (TPSA) is 61.8 Å². The van der Waals surface area contributed by atoms with Gasteiger partial charge in [0.15, 0.2) is 6.10 Å². The first kappa shape index (κ1) is 14.4. The molecule has 0 aromatic carbocycles. The van der Waals surface area contributed by atoms with Crippen LogP contribution in [0.25, 0.3) is 0 Å². The largest absolute Gasteiger partial charge is 0.453 e. The van der Waals surface area contributed by atoms with Crippen molar-refractivity contribution in [3.63, 3.8) is 0 Å². The standard InChI is InChI=1S/C11H16O5/c1-5-9(12)15-8(4)11(14-7-3)16-10(13)6-2/h5-6,8,11H,1-2,7H2,3-4H3. The predicted molar refractivity (Wildman–Crippen MR) is 57.5 cm³/mol. The second-order valence-corrected chi connectivity index (χ2v) is 2.81. The highest BCUT2D eigenvalue weighted by Gasteiger charge is 2.23. The zero-order valence-corrected chi connectivity index (χ0v) is 9.47. The molecule has 0 spiro atoms. The molecule has 2 unspecified atom stereocenters.